The van der Waals surface area contributed by atoms with Gasteiger partial charge in [-0.25, -0.2) is 0 Å². The topological polar surface area (TPSA) is 73.9 Å². The van der Waals surface area contributed by atoms with Crippen molar-refractivity contribution in [3.63, 3.8) is 0 Å². The zero-order valence-corrected chi connectivity index (χ0v) is 18.4. The molecule has 1 aromatic rings. The normalized spacial score (nSPS) is 15.0. The monoisotopic (exact) mass is 434 g/mol. The molecule has 0 saturated carbocycles. The minimum Gasteiger partial charge on any atom is -0.497 e. The molecule has 0 aromatic heterocycles. The van der Waals surface area contributed by atoms with Gasteiger partial charge in [0.05, 0.1) is 7.11 Å². The average Bonchev–Trinajstić information content (AvgIpc) is 2.68. The van der Waals surface area contributed by atoms with Crippen LogP contribution in [0.15, 0.2) is 24.3 Å². The van der Waals surface area contributed by atoms with E-state index in [0.717, 1.165) is 38.5 Å². The van der Waals surface area contributed by atoms with Crippen LogP contribution in [0.4, 0.5) is 0 Å². The van der Waals surface area contributed by atoms with Crippen LogP contribution in [0.1, 0.15) is 17.3 Å². The van der Waals surface area contributed by atoms with Crippen molar-refractivity contribution in [3.8, 4) is 5.75 Å². The maximum atomic E-state index is 12.3. The highest BCUT2D eigenvalue weighted by Crippen LogP contribution is 2.11. The van der Waals surface area contributed by atoms with Crippen LogP contribution >= 0.6 is 24.8 Å². The first-order valence-corrected chi connectivity index (χ1v) is 9.13. The van der Waals surface area contributed by atoms with Crippen molar-refractivity contribution in [1.29, 1.82) is 0 Å². The van der Waals surface area contributed by atoms with E-state index in [1.54, 1.807) is 31.4 Å². The van der Waals surface area contributed by atoms with Crippen LogP contribution in [0.25, 0.3) is 0 Å². The van der Waals surface area contributed by atoms with Crippen LogP contribution in [0.2, 0.25) is 0 Å². The van der Waals surface area contributed by atoms with Gasteiger partial charge in [-0.15, -0.1) is 24.8 Å². The lowest BCUT2D eigenvalue weighted by Crippen LogP contribution is -2.52. The lowest BCUT2D eigenvalue weighted by molar-refractivity contribution is -0.136. The van der Waals surface area contributed by atoms with Gasteiger partial charge in [0.2, 0.25) is 5.91 Å². The first-order valence-electron chi connectivity index (χ1n) is 9.13. The minimum atomic E-state index is -0.0812. The summed E-state index contributed by atoms with van der Waals surface area (Å²) in [5, 5.41) is 5.99. The number of halogens is 2. The molecule has 1 aliphatic rings. The maximum Gasteiger partial charge on any atom is 0.251 e. The first-order chi connectivity index (χ1) is 12.5. The molecule has 2 N–H and O–H groups in total. The van der Waals surface area contributed by atoms with Gasteiger partial charge in [0.15, 0.2) is 0 Å². The van der Waals surface area contributed by atoms with E-state index in [0.29, 0.717) is 18.7 Å². The molecule has 1 fully saturated rings. The number of methoxy groups -OCH3 is 1. The summed E-state index contributed by atoms with van der Waals surface area (Å²) in [6.07, 6.45) is 0. The fourth-order valence-electron chi connectivity index (χ4n) is 3.07. The van der Waals surface area contributed by atoms with E-state index in [9.17, 15) is 9.59 Å². The van der Waals surface area contributed by atoms with Crippen molar-refractivity contribution in [3.05, 3.63) is 29.8 Å². The van der Waals surface area contributed by atoms with E-state index in [-0.39, 0.29) is 42.5 Å². The molecule has 1 saturated heterocycles. The average molecular weight is 435 g/mol. The van der Waals surface area contributed by atoms with E-state index < -0.39 is 0 Å². The summed E-state index contributed by atoms with van der Waals surface area (Å²) in [6, 6.07) is 7.07. The molecule has 0 bridgehead atoms. The summed E-state index contributed by atoms with van der Waals surface area (Å²) in [4.78, 5) is 28.7. The largest absolute Gasteiger partial charge is 0.497 e. The van der Waals surface area contributed by atoms with Gasteiger partial charge in [-0.05, 0) is 31.3 Å². The van der Waals surface area contributed by atoms with Gasteiger partial charge < -0.3 is 20.3 Å². The summed E-state index contributed by atoms with van der Waals surface area (Å²) in [5.74, 6) is 0.877. The Balaban J connectivity index is 0.00000364. The summed E-state index contributed by atoms with van der Waals surface area (Å²) in [5.41, 5.74) is 0.625. The molecule has 0 aliphatic carbocycles. The summed E-state index contributed by atoms with van der Waals surface area (Å²) >= 11 is 0. The molecule has 1 heterocycles. The Labute approximate surface area is 180 Å². The molecule has 7 nitrogen and oxygen atoms in total. The van der Waals surface area contributed by atoms with Crippen LogP contribution in [-0.2, 0) is 4.79 Å². The highest BCUT2D eigenvalue weighted by molar-refractivity contribution is 5.94. The predicted octanol–water partition coefficient (Wildman–Crippen LogP) is 1.27. The molecule has 1 atom stereocenters. The predicted molar refractivity (Wildman–Crippen MR) is 116 cm³/mol. The number of ether oxygens (including phenoxy) is 1. The maximum absolute atomic E-state index is 12.3. The molecular formula is C19H32Cl2N4O3. The number of hydrogen-bond donors (Lipinski definition) is 2. The number of benzene rings is 1. The second-order valence-corrected chi connectivity index (χ2v) is 6.61. The first kappa shape index (κ1) is 26.5. The molecule has 1 aromatic carbocycles. The SMILES string of the molecule is CNCC(C)C(=O)N1CCN(CCNC(=O)c2ccc(OC)cc2)CC1.Cl.Cl. The van der Waals surface area contributed by atoms with Crippen LogP contribution < -0.4 is 15.4 Å². The highest BCUT2D eigenvalue weighted by atomic mass is 35.5. The van der Waals surface area contributed by atoms with Gasteiger partial charge in [-0.2, -0.15) is 0 Å². The number of nitrogens with zero attached hydrogens (tertiary/aromatic N) is 2. The number of rotatable bonds is 8. The molecule has 0 radical (unpaired) electrons. The van der Waals surface area contributed by atoms with Crippen LogP contribution in [0.5, 0.6) is 5.75 Å². The zero-order chi connectivity index (χ0) is 18.9. The van der Waals surface area contributed by atoms with E-state index >= 15 is 0 Å². The number of piperazine rings is 1. The third-order valence-corrected chi connectivity index (χ3v) is 4.68. The molecular weight excluding hydrogens is 403 g/mol. The fourth-order valence-corrected chi connectivity index (χ4v) is 3.07. The van der Waals surface area contributed by atoms with Crippen molar-refractivity contribution in [2.24, 2.45) is 5.92 Å². The standard InChI is InChI=1S/C19H30N4O3.2ClH/c1-15(14-20-2)19(25)23-12-10-22(11-13-23)9-8-21-18(24)16-4-6-17(26-3)7-5-16;;/h4-7,15,20H,8-14H2,1-3H3,(H,21,24);2*1H. The third-order valence-electron chi connectivity index (χ3n) is 4.68. The number of carbonyl (C=O) groups excluding carboxylic acids is 2. The lowest BCUT2D eigenvalue weighted by atomic mass is 10.1. The smallest absolute Gasteiger partial charge is 0.251 e. The third kappa shape index (κ3) is 7.83. The fraction of sp³-hybridized carbons (Fsp3) is 0.579. The van der Waals surface area contributed by atoms with Gasteiger partial charge in [0.1, 0.15) is 5.75 Å². The lowest BCUT2D eigenvalue weighted by Gasteiger charge is -2.36. The van der Waals surface area contributed by atoms with E-state index in [1.165, 1.54) is 0 Å². The Hall–Kier alpha value is -1.54. The number of carbonyl (C=O) groups is 2. The molecule has 9 heteroatoms. The highest BCUT2D eigenvalue weighted by Gasteiger charge is 2.24. The second kappa shape index (κ2) is 13.6. The molecule has 1 unspecified atom stereocenters. The Bertz CT molecular complexity index is 593. The van der Waals surface area contributed by atoms with Gasteiger partial charge in [0.25, 0.3) is 5.91 Å². The van der Waals surface area contributed by atoms with Crippen LogP contribution in [0.3, 0.4) is 0 Å². The van der Waals surface area contributed by atoms with E-state index in [1.807, 2.05) is 18.9 Å². The molecule has 2 rings (SSSR count). The zero-order valence-electron chi connectivity index (χ0n) is 16.8. The molecule has 2 amide bonds. The molecule has 0 spiro atoms. The Kier molecular flexibility index (Phi) is 12.9. The summed E-state index contributed by atoms with van der Waals surface area (Å²) < 4.78 is 5.09. The van der Waals surface area contributed by atoms with Gasteiger partial charge in [0, 0.05) is 57.3 Å². The van der Waals surface area contributed by atoms with Gasteiger partial charge in [-0.1, -0.05) is 6.92 Å². The van der Waals surface area contributed by atoms with Crippen molar-refractivity contribution in [2.75, 3.05) is 60.0 Å². The van der Waals surface area contributed by atoms with Crippen LogP contribution in [-0.4, -0.2) is 81.6 Å². The van der Waals surface area contributed by atoms with Gasteiger partial charge >= 0.3 is 0 Å². The Morgan fingerprint density at radius 3 is 2.25 bits per heavy atom. The van der Waals surface area contributed by atoms with Crippen molar-refractivity contribution >= 4 is 36.6 Å². The number of nitrogens with one attached hydrogen (secondary N) is 2. The van der Waals surface area contributed by atoms with Gasteiger partial charge in [-0.3, -0.25) is 14.5 Å². The number of hydrogen-bond acceptors (Lipinski definition) is 5. The number of amides is 2. The Morgan fingerprint density at radius 1 is 1.11 bits per heavy atom. The quantitative estimate of drug-likeness (QED) is 0.644. The molecule has 1 aliphatic heterocycles. The molecule has 160 valence electrons. The summed E-state index contributed by atoms with van der Waals surface area (Å²) in [7, 11) is 3.46. The molecule has 28 heavy (non-hydrogen) atoms. The van der Waals surface area contributed by atoms with E-state index in [4.69, 9.17) is 4.74 Å². The Morgan fingerprint density at radius 2 is 1.71 bits per heavy atom. The van der Waals surface area contributed by atoms with Crippen LogP contribution in [0, 0.1) is 5.92 Å². The second-order valence-electron chi connectivity index (χ2n) is 6.61. The summed E-state index contributed by atoms with van der Waals surface area (Å²) in [6.45, 7) is 7.23. The van der Waals surface area contributed by atoms with Crippen molar-refractivity contribution in [1.82, 2.24) is 20.4 Å². The van der Waals surface area contributed by atoms with Crippen molar-refractivity contribution < 1.29 is 14.3 Å². The van der Waals surface area contributed by atoms with E-state index in [2.05, 4.69) is 15.5 Å². The minimum absolute atomic E-state index is 0. The van der Waals surface area contributed by atoms with Crippen molar-refractivity contribution in [2.45, 2.75) is 6.92 Å².